The summed E-state index contributed by atoms with van der Waals surface area (Å²) in [6.45, 7) is 3.12. The molecule has 1 atom stereocenters. The molecule has 0 amide bonds. The number of rotatable bonds is 1. The highest BCUT2D eigenvalue weighted by Crippen LogP contribution is 2.30. The molecule has 1 unspecified atom stereocenters. The lowest BCUT2D eigenvalue weighted by atomic mass is 9.79. The van der Waals surface area contributed by atoms with E-state index in [4.69, 9.17) is 5.84 Å². The Hall–Kier alpha value is -0.120. The van der Waals surface area contributed by atoms with Crippen LogP contribution in [0.3, 0.4) is 0 Å². The van der Waals surface area contributed by atoms with Crippen LogP contribution in [0.15, 0.2) is 0 Å². The second-order valence-corrected chi connectivity index (χ2v) is 3.75. The molecular formula is C8H17N3. The minimum Gasteiger partial charge on any atom is -0.311 e. The molecule has 1 saturated carbocycles. The van der Waals surface area contributed by atoms with Gasteiger partial charge in [0.15, 0.2) is 0 Å². The molecule has 2 aliphatic rings. The van der Waals surface area contributed by atoms with E-state index in [9.17, 15) is 0 Å². The second-order valence-electron chi connectivity index (χ2n) is 3.75. The first kappa shape index (κ1) is 7.53. The number of nitrogens with one attached hydrogen (secondary N) is 1. The van der Waals surface area contributed by atoms with Crippen LogP contribution in [0, 0.1) is 5.92 Å². The molecule has 2 fully saturated rings. The van der Waals surface area contributed by atoms with Gasteiger partial charge in [-0.2, -0.15) is 0 Å². The van der Waals surface area contributed by atoms with Crippen LogP contribution >= 0.6 is 0 Å². The summed E-state index contributed by atoms with van der Waals surface area (Å²) in [7, 11) is 0. The van der Waals surface area contributed by atoms with E-state index >= 15 is 0 Å². The number of hydrogen-bond acceptors (Lipinski definition) is 3. The van der Waals surface area contributed by atoms with Gasteiger partial charge in [0, 0.05) is 25.7 Å². The van der Waals surface area contributed by atoms with Crippen LogP contribution in [0.5, 0.6) is 0 Å². The standard InChI is InChI=1S/C8H17N3/c9-11-5-4-10-8(6-11)7-2-1-3-7/h7-8,10H,1-6,9H2. The molecule has 1 heterocycles. The van der Waals surface area contributed by atoms with Gasteiger partial charge in [0.2, 0.25) is 0 Å². The Balaban J connectivity index is 1.82. The molecule has 1 aliphatic carbocycles. The fraction of sp³-hybridized carbons (Fsp3) is 1.00. The van der Waals surface area contributed by atoms with Crippen molar-refractivity contribution < 1.29 is 0 Å². The van der Waals surface area contributed by atoms with Gasteiger partial charge in [-0.15, -0.1) is 0 Å². The topological polar surface area (TPSA) is 41.3 Å². The van der Waals surface area contributed by atoms with Crippen LogP contribution in [0.4, 0.5) is 0 Å². The van der Waals surface area contributed by atoms with Crippen molar-refractivity contribution in [2.45, 2.75) is 25.3 Å². The van der Waals surface area contributed by atoms with E-state index in [-0.39, 0.29) is 0 Å². The molecule has 0 aromatic carbocycles. The van der Waals surface area contributed by atoms with Crippen molar-refractivity contribution in [3.05, 3.63) is 0 Å². The summed E-state index contributed by atoms with van der Waals surface area (Å²) in [5.74, 6) is 6.65. The predicted molar refractivity (Wildman–Crippen MR) is 44.9 cm³/mol. The minimum absolute atomic E-state index is 0.683. The van der Waals surface area contributed by atoms with Crippen molar-refractivity contribution in [3.8, 4) is 0 Å². The van der Waals surface area contributed by atoms with Crippen molar-refractivity contribution in [1.29, 1.82) is 0 Å². The highest BCUT2D eigenvalue weighted by Gasteiger charge is 2.29. The smallest absolute Gasteiger partial charge is 0.0285 e. The van der Waals surface area contributed by atoms with Crippen molar-refractivity contribution in [3.63, 3.8) is 0 Å². The highest BCUT2D eigenvalue weighted by atomic mass is 15.4. The van der Waals surface area contributed by atoms with Gasteiger partial charge in [-0.25, -0.2) is 5.01 Å². The van der Waals surface area contributed by atoms with Crippen molar-refractivity contribution in [2.75, 3.05) is 19.6 Å². The third-order valence-corrected chi connectivity index (χ3v) is 2.96. The lowest BCUT2D eigenvalue weighted by molar-refractivity contribution is 0.129. The summed E-state index contributed by atoms with van der Waals surface area (Å²) in [5.41, 5.74) is 0. The molecule has 1 aliphatic heterocycles. The van der Waals surface area contributed by atoms with E-state index < -0.39 is 0 Å². The first-order valence-electron chi connectivity index (χ1n) is 4.59. The Morgan fingerprint density at radius 2 is 2.18 bits per heavy atom. The normalized spacial score (nSPS) is 35.2. The van der Waals surface area contributed by atoms with E-state index in [0.29, 0.717) is 6.04 Å². The molecule has 3 nitrogen and oxygen atoms in total. The Labute approximate surface area is 67.9 Å². The Morgan fingerprint density at radius 3 is 2.73 bits per heavy atom. The third kappa shape index (κ3) is 1.55. The third-order valence-electron chi connectivity index (χ3n) is 2.96. The van der Waals surface area contributed by atoms with Crippen molar-refractivity contribution in [1.82, 2.24) is 10.3 Å². The fourth-order valence-electron chi connectivity index (χ4n) is 1.96. The highest BCUT2D eigenvalue weighted by molar-refractivity contribution is 4.86. The Morgan fingerprint density at radius 1 is 1.36 bits per heavy atom. The summed E-state index contributed by atoms with van der Waals surface area (Å²) in [6, 6.07) is 0.683. The van der Waals surface area contributed by atoms with Gasteiger partial charge < -0.3 is 5.32 Å². The molecule has 64 valence electrons. The molecule has 3 N–H and O–H groups in total. The summed E-state index contributed by atoms with van der Waals surface area (Å²) in [6.07, 6.45) is 4.24. The van der Waals surface area contributed by atoms with Crippen LogP contribution in [-0.2, 0) is 0 Å². The van der Waals surface area contributed by atoms with Gasteiger partial charge in [0.25, 0.3) is 0 Å². The summed E-state index contributed by atoms with van der Waals surface area (Å²) in [5, 5.41) is 5.47. The van der Waals surface area contributed by atoms with Crippen LogP contribution in [0.25, 0.3) is 0 Å². The van der Waals surface area contributed by atoms with Crippen LogP contribution in [0.1, 0.15) is 19.3 Å². The maximum Gasteiger partial charge on any atom is 0.0285 e. The Kier molecular flexibility index (Phi) is 2.11. The van der Waals surface area contributed by atoms with Gasteiger partial charge in [-0.3, -0.25) is 5.84 Å². The zero-order valence-corrected chi connectivity index (χ0v) is 6.92. The van der Waals surface area contributed by atoms with Crippen molar-refractivity contribution >= 4 is 0 Å². The van der Waals surface area contributed by atoms with Gasteiger partial charge in [0.1, 0.15) is 0 Å². The molecular weight excluding hydrogens is 138 g/mol. The largest absolute Gasteiger partial charge is 0.311 e. The summed E-state index contributed by atoms with van der Waals surface area (Å²) < 4.78 is 0. The lowest BCUT2D eigenvalue weighted by Gasteiger charge is -2.39. The quantitative estimate of drug-likeness (QED) is 0.521. The van der Waals surface area contributed by atoms with Crippen molar-refractivity contribution in [2.24, 2.45) is 11.8 Å². The molecule has 0 aromatic heterocycles. The molecule has 0 radical (unpaired) electrons. The first-order chi connectivity index (χ1) is 5.36. The van der Waals surface area contributed by atoms with Crippen LogP contribution in [0.2, 0.25) is 0 Å². The predicted octanol–water partition coefficient (Wildman–Crippen LogP) is -0.0660. The molecule has 0 bridgehead atoms. The molecule has 2 rings (SSSR count). The second kappa shape index (κ2) is 3.09. The van der Waals surface area contributed by atoms with Crippen LogP contribution in [-0.4, -0.2) is 30.7 Å². The van der Waals surface area contributed by atoms with Gasteiger partial charge in [-0.05, 0) is 18.8 Å². The number of hydrogen-bond donors (Lipinski definition) is 2. The lowest BCUT2D eigenvalue weighted by Crippen LogP contribution is -2.56. The van der Waals surface area contributed by atoms with E-state index in [2.05, 4.69) is 5.32 Å². The molecule has 3 heteroatoms. The average molecular weight is 155 g/mol. The zero-order chi connectivity index (χ0) is 7.68. The Bertz CT molecular complexity index is 133. The van der Waals surface area contributed by atoms with Gasteiger partial charge in [0.05, 0.1) is 0 Å². The molecule has 0 aromatic rings. The van der Waals surface area contributed by atoms with E-state index in [1.807, 2.05) is 5.01 Å². The SMILES string of the molecule is NN1CCNC(C2CCC2)C1. The van der Waals surface area contributed by atoms with E-state index in [1.165, 1.54) is 19.3 Å². The molecule has 11 heavy (non-hydrogen) atoms. The van der Waals surface area contributed by atoms with Gasteiger partial charge >= 0.3 is 0 Å². The first-order valence-corrected chi connectivity index (χ1v) is 4.59. The summed E-state index contributed by atoms with van der Waals surface area (Å²) in [4.78, 5) is 0. The molecule has 1 saturated heterocycles. The van der Waals surface area contributed by atoms with E-state index in [0.717, 1.165) is 25.6 Å². The number of piperazine rings is 1. The number of nitrogens with two attached hydrogens (primary N) is 1. The average Bonchev–Trinajstić information content (AvgIpc) is 1.83. The minimum atomic E-state index is 0.683. The fourth-order valence-corrected chi connectivity index (χ4v) is 1.96. The maximum atomic E-state index is 5.74. The van der Waals surface area contributed by atoms with E-state index in [1.54, 1.807) is 0 Å². The monoisotopic (exact) mass is 155 g/mol. The van der Waals surface area contributed by atoms with Crippen LogP contribution < -0.4 is 11.2 Å². The molecule has 0 spiro atoms. The zero-order valence-electron chi connectivity index (χ0n) is 6.92. The van der Waals surface area contributed by atoms with Gasteiger partial charge in [-0.1, -0.05) is 6.42 Å². The number of hydrazine groups is 1. The summed E-state index contributed by atoms with van der Waals surface area (Å²) >= 11 is 0. The number of nitrogens with zero attached hydrogens (tertiary/aromatic N) is 1. The maximum absolute atomic E-state index is 5.74.